The molecule has 1 fully saturated rings. The molecule has 2 heterocycles. The number of sulfone groups is 1. The molecule has 0 radical (unpaired) electrons. The third-order valence-electron chi connectivity index (χ3n) is 4.62. The summed E-state index contributed by atoms with van der Waals surface area (Å²) in [6.07, 6.45) is 1.32. The van der Waals surface area contributed by atoms with Gasteiger partial charge in [-0.15, -0.1) is 0 Å². The molecule has 4 nitrogen and oxygen atoms in total. The number of pyridine rings is 1. The second-order valence-corrected chi connectivity index (χ2v) is 8.60. The summed E-state index contributed by atoms with van der Waals surface area (Å²) in [4.78, 5) is 4.77. The van der Waals surface area contributed by atoms with Crippen molar-refractivity contribution in [3.8, 4) is 0 Å². The maximum Gasteiger partial charge on any atom is 0.150 e. The van der Waals surface area contributed by atoms with Gasteiger partial charge in [0.05, 0.1) is 17.0 Å². The molecular weight excluding hydrogens is 296 g/mol. The Hall–Kier alpha value is -1.62. The van der Waals surface area contributed by atoms with Crippen molar-refractivity contribution in [3.63, 3.8) is 0 Å². The van der Waals surface area contributed by atoms with Crippen molar-refractivity contribution in [1.82, 2.24) is 4.98 Å². The highest BCUT2D eigenvalue weighted by Gasteiger charge is 2.23. The number of nitrogens with one attached hydrogen (secondary N) is 1. The normalized spacial score (nSPS) is 18.5. The Balaban J connectivity index is 1.90. The molecule has 0 unspecified atom stereocenters. The number of rotatable bonds is 2. The summed E-state index contributed by atoms with van der Waals surface area (Å²) in [5.74, 6) is 1.40. The summed E-state index contributed by atoms with van der Waals surface area (Å²) in [5, 5.41) is 4.60. The Labute approximate surface area is 131 Å². The van der Waals surface area contributed by atoms with E-state index < -0.39 is 9.84 Å². The fraction of sp³-hybridized carbons (Fsp3) is 0.471. The lowest BCUT2D eigenvalue weighted by atomic mass is 10.0. The van der Waals surface area contributed by atoms with Gasteiger partial charge in [0.25, 0.3) is 0 Å². The SMILES string of the molecule is Cc1ccc2c(C)cc(NC3CCS(=O)(=O)CC3)nc2c1C. The average molecular weight is 318 g/mol. The Morgan fingerprint density at radius 3 is 2.45 bits per heavy atom. The highest BCUT2D eigenvalue weighted by atomic mass is 32.2. The first kappa shape index (κ1) is 15.3. The Bertz CT molecular complexity index is 814. The van der Waals surface area contributed by atoms with Crippen LogP contribution in [0.15, 0.2) is 18.2 Å². The zero-order chi connectivity index (χ0) is 15.9. The van der Waals surface area contributed by atoms with E-state index in [9.17, 15) is 8.42 Å². The van der Waals surface area contributed by atoms with Crippen molar-refractivity contribution in [3.05, 3.63) is 34.9 Å². The molecule has 0 saturated carbocycles. The maximum atomic E-state index is 11.5. The van der Waals surface area contributed by atoms with Crippen molar-refractivity contribution < 1.29 is 8.42 Å². The molecular formula is C17H22N2O2S. The van der Waals surface area contributed by atoms with Crippen LogP contribution in [-0.4, -0.2) is 30.9 Å². The lowest BCUT2D eigenvalue weighted by Gasteiger charge is -2.24. The fourth-order valence-corrected chi connectivity index (χ4v) is 4.51. The molecule has 0 aliphatic carbocycles. The predicted molar refractivity (Wildman–Crippen MR) is 91.3 cm³/mol. The summed E-state index contributed by atoms with van der Waals surface area (Å²) < 4.78 is 23.0. The van der Waals surface area contributed by atoms with Crippen LogP contribution >= 0.6 is 0 Å². The molecule has 0 amide bonds. The van der Waals surface area contributed by atoms with Crippen LogP contribution in [0.1, 0.15) is 29.5 Å². The van der Waals surface area contributed by atoms with Gasteiger partial charge in [-0.1, -0.05) is 12.1 Å². The Kier molecular flexibility index (Phi) is 3.85. The molecule has 3 rings (SSSR count). The van der Waals surface area contributed by atoms with Gasteiger partial charge in [-0.3, -0.25) is 0 Å². The minimum absolute atomic E-state index is 0.193. The number of aryl methyl sites for hydroxylation is 3. The minimum atomic E-state index is -2.82. The van der Waals surface area contributed by atoms with Crippen LogP contribution in [0.2, 0.25) is 0 Å². The van der Waals surface area contributed by atoms with Gasteiger partial charge in [0.1, 0.15) is 15.7 Å². The maximum absolute atomic E-state index is 11.5. The van der Waals surface area contributed by atoms with Crippen LogP contribution in [0.5, 0.6) is 0 Å². The van der Waals surface area contributed by atoms with Gasteiger partial charge in [-0.25, -0.2) is 13.4 Å². The lowest BCUT2D eigenvalue weighted by molar-refractivity contribution is 0.559. The Morgan fingerprint density at radius 2 is 1.77 bits per heavy atom. The van der Waals surface area contributed by atoms with E-state index in [1.165, 1.54) is 22.1 Å². The molecule has 0 atom stereocenters. The van der Waals surface area contributed by atoms with Gasteiger partial charge >= 0.3 is 0 Å². The predicted octanol–water partition coefficient (Wildman–Crippen LogP) is 3.15. The van der Waals surface area contributed by atoms with Gasteiger partial charge in [-0.05, 0) is 56.4 Å². The topological polar surface area (TPSA) is 59.1 Å². The minimum Gasteiger partial charge on any atom is -0.367 e. The summed E-state index contributed by atoms with van der Waals surface area (Å²) in [6.45, 7) is 6.29. The quantitative estimate of drug-likeness (QED) is 0.924. The number of aromatic nitrogens is 1. The van der Waals surface area contributed by atoms with Crippen LogP contribution in [-0.2, 0) is 9.84 Å². The number of fused-ring (bicyclic) bond motifs is 1. The van der Waals surface area contributed by atoms with Gasteiger partial charge in [0.15, 0.2) is 0 Å². The van der Waals surface area contributed by atoms with Crippen molar-refractivity contribution in [2.75, 3.05) is 16.8 Å². The van der Waals surface area contributed by atoms with Crippen molar-refractivity contribution in [2.24, 2.45) is 0 Å². The van der Waals surface area contributed by atoms with Crippen LogP contribution < -0.4 is 5.32 Å². The van der Waals surface area contributed by atoms with Crippen LogP contribution in [0.3, 0.4) is 0 Å². The number of nitrogens with zero attached hydrogens (tertiary/aromatic N) is 1. The van der Waals surface area contributed by atoms with Gasteiger partial charge in [-0.2, -0.15) is 0 Å². The summed E-state index contributed by atoms with van der Waals surface area (Å²) in [5.41, 5.74) is 4.67. The van der Waals surface area contributed by atoms with E-state index >= 15 is 0 Å². The van der Waals surface area contributed by atoms with Crippen LogP contribution in [0.4, 0.5) is 5.82 Å². The first-order valence-corrected chi connectivity index (χ1v) is 9.52. The second-order valence-electron chi connectivity index (χ2n) is 6.30. The molecule has 5 heteroatoms. The molecule has 22 heavy (non-hydrogen) atoms. The molecule has 1 aliphatic heterocycles. The zero-order valence-electron chi connectivity index (χ0n) is 13.3. The van der Waals surface area contributed by atoms with Crippen LogP contribution in [0, 0.1) is 20.8 Å². The van der Waals surface area contributed by atoms with Crippen molar-refractivity contribution in [2.45, 2.75) is 39.7 Å². The summed E-state index contributed by atoms with van der Waals surface area (Å²) in [7, 11) is -2.82. The first-order valence-electron chi connectivity index (χ1n) is 7.70. The van der Waals surface area contributed by atoms with E-state index in [-0.39, 0.29) is 17.5 Å². The molecule has 0 bridgehead atoms. The third kappa shape index (κ3) is 2.95. The molecule has 118 valence electrons. The monoisotopic (exact) mass is 318 g/mol. The molecule has 1 aliphatic rings. The second kappa shape index (κ2) is 5.54. The first-order chi connectivity index (χ1) is 10.4. The van der Waals surface area contributed by atoms with E-state index in [0.717, 1.165) is 11.3 Å². The number of hydrogen-bond donors (Lipinski definition) is 1. The van der Waals surface area contributed by atoms with Gasteiger partial charge < -0.3 is 5.32 Å². The summed E-state index contributed by atoms with van der Waals surface area (Å²) in [6, 6.07) is 6.50. The average Bonchev–Trinajstić information content (AvgIpc) is 2.46. The van der Waals surface area contributed by atoms with E-state index in [2.05, 4.69) is 44.3 Å². The molecule has 0 spiro atoms. The lowest BCUT2D eigenvalue weighted by Crippen LogP contribution is -2.32. The van der Waals surface area contributed by atoms with Gasteiger partial charge in [0, 0.05) is 11.4 Å². The van der Waals surface area contributed by atoms with Crippen LogP contribution in [0.25, 0.3) is 10.9 Å². The Morgan fingerprint density at radius 1 is 1.09 bits per heavy atom. The number of benzene rings is 1. The molecule has 1 saturated heterocycles. The smallest absolute Gasteiger partial charge is 0.150 e. The highest BCUT2D eigenvalue weighted by Crippen LogP contribution is 2.26. The summed E-state index contributed by atoms with van der Waals surface area (Å²) >= 11 is 0. The molecule has 1 N–H and O–H groups in total. The van der Waals surface area contributed by atoms with Crippen molar-refractivity contribution >= 4 is 26.6 Å². The molecule has 1 aromatic carbocycles. The standard InChI is InChI=1S/C17H22N2O2S/c1-11-4-5-15-12(2)10-16(19-17(15)13(11)3)18-14-6-8-22(20,21)9-7-14/h4-5,10,14H,6-9H2,1-3H3,(H,18,19). The highest BCUT2D eigenvalue weighted by molar-refractivity contribution is 7.91. The van der Waals surface area contributed by atoms with E-state index in [4.69, 9.17) is 4.98 Å². The van der Waals surface area contributed by atoms with E-state index in [1.54, 1.807) is 0 Å². The number of hydrogen-bond acceptors (Lipinski definition) is 4. The van der Waals surface area contributed by atoms with E-state index in [0.29, 0.717) is 12.8 Å². The fourth-order valence-electron chi connectivity index (χ4n) is 3.02. The third-order valence-corrected chi connectivity index (χ3v) is 6.33. The number of anilines is 1. The largest absolute Gasteiger partial charge is 0.367 e. The molecule has 1 aromatic heterocycles. The molecule has 2 aromatic rings. The van der Waals surface area contributed by atoms with Gasteiger partial charge in [0.2, 0.25) is 0 Å². The van der Waals surface area contributed by atoms with E-state index in [1.807, 2.05) is 0 Å². The zero-order valence-corrected chi connectivity index (χ0v) is 14.1. The van der Waals surface area contributed by atoms with Crippen molar-refractivity contribution in [1.29, 1.82) is 0 Å².